The Morgan fingerprint density at radius 3 is 2.28 bits per heavy atom. The predicted octanol–water partition coefficient (Wildman–Crippen LogP) is 2.88. The zero-order valence-corrected chi connectivity index (χ0v) is 17.0. The molecular formula is C22H26N2O5. The minimum absolute atomic E-state index is 0.101. The van der Waals surface area contributed by atoms with Gasteiger partial charge in [0.1, 0.15) is 0 Å². The third kappa shape index (κ3) is 4.80. The minimum Gasteiger partial charge on any atom is -0.493 e. The summed E-state index contributed by atoms with van der Waals surface area (Å²) in [4.78, 5) is 26.0. The molecular weight excluding hydrogens is 372 g/mol. The van der Waals surface area contributed by atoms with Gasteiger partial charge in [0.05, 0.1) is 26.9 Å². The van der Waals surface area contributed by atoms with Gasteiger partial charge in [-0.25, -0.2) is 4.79 Å². The summed E-state index contributed by atoms with van der Waals surface area (Å²) in [6, 6.07) is 10.9. The van der Waals surface area contributed by atoms with Gasteiger partial charge >= 0.3 is 5.97 Å². The zero-order chi connectivity index (χ0) is 20.8. The maximum Gasteiger partial charge on any atom is 0.337 e. The van der Waals surface area contributed by atoms with Crippen molar-refractivity contribution in [2.45, 2.75) is 19.4 Å². The van der Waals surface area contributed by atoms with E-state index in [0.717, 1.165) is 17.7 Å². The van der Waals surface area contributed by atoms with Crippen LogP contribution in [0.25, 0.3) is 0 Å². The van der Waals surface area contributed by atoms with E-state index >= 15 is 0 Å². The van der Waals surface area contributed by atoms with Crippen molar-refractivity contribution in [3.8, 4) is 11.5 Å². The van der Waals surface area contributed by atoms with Crippen LogP contribution in [0.2, 0.25) is 0 Å². The summed E-state index contributed by atoms with van der Waals surface area (Å²) in [6.07, 6.45) is 1.19. The molecule has 1 amide bonds. The number of fused-ring (bicyclic) bond motifs is 1. The molecule has 0 radical (unpaired) electrons. The van der Waals surface area contributed by atoms with Crippen LogP contribution < -0.4 is 14.8 Å². The lowest BCUT2D eigenvalue weighted by Crippen LogP contribution is -2.36. The van der Waals surface area contributed by atoms with Gasteiger partial charge in [-0.2, -0.15) is 0 Å². The summed E-state index contributed by atoms with van der Waals surface area (Å²) in [5.74, 6) is 1.13. The molecule has 1 heterocycles. The molecule has 0 atom stereocenters. The van der Waals surface area contributed by atoms with E-state index in [1.54, 1.807) is 38.5 Å². The Balaban J connectivity index is 1.53. The Kier molecular flexibility index (Phi) is 6.59. The number of ether oxygens (including phenoxy) is 3. The van der Waals surface area contributed by atoms with Gasteiger partial charge in [0.25, 0.3) is 0 Å². The van der Waals surface area contributed by atoms with E-state index in [1.165, 1.54) is 12.7 Å². The highest BCUT2D eigenvalue weighted by Gasteiger charge is 2.22. The molecule has 0 saturated carbocycles. The highest BCUT2D eigenvalue weighted by molar-refractivity contribution is 5.89. The molecule has 0 aromatic heterocycles. The minimum atomic E-state index is -0.369. The van der Waals surface area contributed by atoms with E-state index in [9.17, 15) is 9.59 Å². The first-order valence-electron chi connectivity index (χ1n) is 9.49. The van der Waals surface area contributed by atoms with Crippen molar-refractivity contribution in [2.75, 3.05) is 39.7 Å². The summed E-state index contributed by atoms with van der Waals surface area (Å²) in [6.45, 7) is 1.78. The number of carbonyl (C=O) groups excluding carboxylic acids is 2. The third-order valence-corrected chi connectivity index (χ3v) is 5.04. The highest BCUT2D eigenvalue weighted by atomic mass is 16.5. The lowest BCUT2D eigenvalue weighted by molar-refractivity contribution is -0.131. The summed E-state index contributed by atoms with van der Waals surface area (Å²) in [5.41, 5.74) is 3.63. The van der Waals surface area contributed by atoms with Crippen molar-refractivity contribution in [1.29, 1.82) is 0 Å². The molecule has 0 unspecified atom stereocenters. The van der Waals surface area contributed by atoms with Gasteiger partial charge in [-0.15, -0.1) is 0 Å². The molecule has 1 N–H and O–H groups in total. The van der Waals surface area contributed by atoms with Gasteiger partial charge in [-0.3, -0.25) is 4.79 Å². The van der Waals surface area contributed by atoms with Crippen molar-refractivity contribution in [2.24, 2.45) is 0 Å². The Morgan fingerprint density at radius 1 is 1.00 bits per heavy atom. The fraction of sp³-hybridized carbons (Fsp3) is 0.364. The number of hydrogen-bond donors (Lipinski definition) is 1. The standard InChI is InChI=1S/C22H26N2O5/c1-27-19-12-16-9-11-24(14-17(16)13-20(19)28-2)21(25)8-10-23-18-6-4-15(5-7-18)22(26)29-3/h4-7,12-13,23H,8-11,14H2,1-3H3. The van der Waals surface area contributed by atoms with Gasteiger partial charge in [-0.05, 0) is 53.9 Å². The fourth-order valence-electron chi connectivity index (χ4n) is 3.41. The first-order chi connectivity index (χ1) is 14.0. The van der Waals surface area contributed by atoms with Crippen LogP contribution >= 0.6 is 0 Å². The molecule has 3 rings (SSSR count). The second-order valence-electron chi connectivity index (χ2n) is 6.79. The Labute approximate surface area is 170 Å². The van der Waals surface area contributed by atoms with Crippen molar-refractivity contribution in [1.82, 2.24) is 4.90 Å². The molecule has 1 aliphatic rings. The van der Waals surface area contributed by atoms with Gasteiger partial charge < -0.3 is 24.4 Å². The number of hydrogen-bond acceptors (Lipinski definition) is 6. The molecule has 0 saturated heterocycles. The summed E-state index contributed by atoms with van der Waals surface area (Å²) in [5, 5.41) is 3.22. The number of methoxy groups -OCH3 is 3. The predicted molar refractivity (Wildman–Crippen MR) is 110 cm³/mol. The molecule has 7 nitrogen and oxygen atoms in total. The number of amides is 1. The second-order valence-corrected chi connectivity index (χ2v) is 6.79. The van der Waals surface area contributed by atoms with Crippen LogP contribution in [-0.2, 0) is 22.5 Å². The van der Waals surface area contributed by atoms with Crippen LogP contribution in [0.15, 0.2) is 36.4 Å². The fourth-order valence-corrected chi connectivity index (χ4v) is 3.41. The van der Waals surface area contributed by atoms with Crippen LogP contribution in [0.3, 0.4) is 0 Å². The monoisotopic (exact) mass is 398 g/mol. The van der Waals surface area contributed by atoms with Crippen LogP contribution in [-0.4, -0.2) is 51.2 Å². The molecule has 7 heteroatoms. The summed E-state index contributed by atoms with van der Waals surface area (Å²) >= 11 is 0. The van der Waals surface area contributed by atoms with Crippen LogP contribution in [0.1, 0.15) is 27.9 Å². The molecule has 0 bridgehead atoms. The lowest BCUT2D eigenvalue weighted by atomic mass is 9.98. The number of nitrogens with zero attached hydrogens (tertiary/aromatic N) is 1. The van der Waals surface area contributed by atoms with E-state index in [-0.39, 0.29) is 11.9 Å². The van der Waals surface area contributed by atoms with E-state index < -0.39 is 0 Å². The molecule has 154 valence electrons. The van der Waals surface area contributed by atoms with Crippen LogP contribution in [0.4, 0.5) is 5.69 Å². The maximum absolute atomic E-state index is 12.6. The van der Waals surface area contributed by atoms with Gasteiger partial charge in [0.2, 0.25) is 5.91 Å². The van der Waals surface area contributed by atoms with E-state index in [1.807, 2.05) is 17.0 Å². The lowest BCUT2D eigenvalue weighted by Gasteiger charge is -2.29. The topological polar surface area (TPSA) is 77.1 Å². The van der Waals surface area contributed by atoms with Crippen LogP contribution in [0.5, 0.6) is 11.5 Å². The highest BCUT2D eigenvalue weighted by Crippen LogP contribution is 2.33. The first kappa shape index (κ1) is 20.5. The summed E-state index contributed by atoms with van der Waals surface area (Å²) in [7, 11) is 4.59. The average Bonchev–Trinajstić information content (AvgIpc) is 2.77. The Bertz CT molecular complexity index is 880. The average molecular weight is 398 g/mol. The quantitative estimate of drug-likeness (QED) is 0.723. The van der Waals surface area contributed by atoms with Crippen molar-refractivity contribution in [3.63, 3.8) is 0 Å². The number of benzene rings is 2. The molecule has 0 spiro atoms. The number of nitrogens with one attached hydrogen (secondary N) is 1. The van der Waals surface area contributed by atoms with E-state index in [0.29, 0.717) is 43.1 Å². The van der Waals surface area contributed by atoms with E-state index in [2.05, 4.69) is 10.1 Å². The van der Waals surface area contributed by atoms with Gasteiger partial charge in [-0.1, -0.05) is 0 Å². The number of esters is 1. The smallest absolute Gasteiger partial charge is 0.337 e. The zero-order valence-electron chi connectivity index (χ0n) is 17.0. The SMILES string of the molecule is COC(=O)c1ccc(NCCC(=O)N2CCc3cc(OC)c(OC)cc3C2)cc1. The van der Waals surface area contributed by atoms with Gasteiger partial charge in [0.15, 0.2) is 11.5 Å². The van der Waals surface area contributed by atoms with Crippen LogP contribution in [0, 0.1) is 0 Å². The molecule has 1 aliphatic heterocycles. The molecule has 0 aliphatic carbocycles. The Morgan fingerprint density at radius 2 is 1.66 bits per heavy atom. The maximum atomic E-state index is 12.6. The normalized spacial score (nSPS) is 12.7. The van der Waals surface area contributed by atoms with Gasteiger partial charge in [0, 0.05) is 31.7 Å². The molecule has 2 aromatic rings. The molecule has 29 heavy (non-hydrogen) atoms. The largest absolute Gasteiger partial charge is 0.493 e. The van der Waals surface area contributed by atoms with Crippen molar-refractivity contribution < 1.29 is 23.8 Å². The van der Waals surface area contributed by atoms with Crippen molar-refractivity contribution >= 4 is 17.6 Å². The Hall–Kier alpha value is -3.22. The number of carbonyl (C=O) groups is 2. The number of anilines is 1. The van der Waals surface area contributed by atoms with E-state index in [4.69, 9.17) is 9.47 Å². The number of rotatable bonds is 7. The third-order valence-electron chi connectivity index (χ3n) is 5.04. The summed E-state index contributed by atoms with van der Waals surface area (Å²) < 4.78 is 15.4. The molecule has 2 aromatic carbocycles. The molecule has 0 fully saturated rings. The second kappa shape index (κ2) is 9.32. The van der Waals surface area contributed by atoms with Crippen molar-refractivity contribution in [3.05, 3.63) is 53.1 Å². The first-order valence-corrected chi connectivity index (χ1v) is 9.49.